The van der Waals surface area contributed by atoms with Crippen molar-refractivity contribution in [3.05, 3.63) is 0 Å². The van der Waals surface area contributed by atoms with E-state index in [1.807, 2.05) is 0 Å². The van der Waals surface area contributed by atoms with Gasteiger partial charge in [0.25, 0.3) is 0 Å². The second kappa shape index (κ2) is 3.85. The lowest BCUT2D eigenvalue weighted by Crippen LogP contribution is -2.36. The lowest BCUT2D eigenvalue weighted by Gasteiger charge is -2.17. The van der Waals surface area contributed by atoms with Crippen molar-refractivity contribution in [1.82, 2.24) is 10.6 Å². The molecule has 0 radical (unpaired) electrons. The van der Waals surface area contributed by atoms with E-state index in [9.17, 15) is 0 Å². The fourth-order valence-corrected chi connectivity index (χ4v) is 1.17. The SMILES string of the molecule is CC1CCCNCCN1. The predicted molar refractivity (Wildman–Crippen MR) is 39.6 cm³/mol. The fourth-order valence-electron chi connectivity index (χ4n) is 1.17. The summed E-state index contributed by atoms with van der Waals surface area (Å²) < 4.78 is 0. The zero-order valence-corrected chi connectivity index (χ0v) is 6.11. The van der Waals surface area contributed by atoms with Gasteiger partial charge in [-0.25, -0.2) is 0 Å². The van der Waals surface area contributed by atoms with E-state index in [4.69, 9.17) is 0 Å². The number of hydrogen-bond donors (Lipinski definition) is 2. The average Bonchev–Trinajstić information content (AvgIpc) is 1.79. The molecule has 0 bridgehead atoms. The highest BCUT2D eigenvalue weighted by Crippen LogP contribution is 1.95. The molecule has 0 spiro atoms. The van der Waals surface area contributed by atoms with E-state index in [1.165, 1.54) is 19.4 Å². The van der Waals surface area contributed by atoms with E-state index in [-0.39, 0.29) is 0 Å². The molecule has 1 saturated heterocycles. The van der Waals surface area contributed by atoms with Crippen molar-refractivity contribution in [2.75, 3.05) is 19.6 Å². The van der Waals surface area contributed by atoms with Crippen LogP contribution in [0.25, 0.3) is 0 Å². The Kier molecular flexibility index (Phi) is 3.01. The largest absolute Gasteiger partial charge is 0.315 e. The molecule has 1 aliphatic heterocycles. The van der Waals surface area contributed by atoms with Gasteiger partial charge >= 0.3 is 0 Å². The molecule has 0 aromatic heterocycles. The van der Waals surface area contributed by atoms with Gasteiger partial charge < -0.3 is 10.6 Å². The average molecular weight is 128 g/mol. The van der Waals surface area contributed by atoms with Crippen LogP contribution in [-0.4, -0.2) is 25.7 Å². The van der Waals surface area contributed by atoms with Crippen molar-refractivity contribution in [2.45, 2.75) is 25.8 Å². The normalized spacial score (nSPS) is 31.0. The zero-order chi connectivity index (χ0) is 6.53. The highest BCUT2D eigenvalue weighted by atomic mass is 15.0. The molecule has 2 N–H and O–H groups in total. The van der Waals surface area contributed by atoms with Crippen LogP contribution in [0, 0.1) is 0 Å². The van der Waals surface area contributed by atoms with Gasteiger partial charge in [0.2, 0.25) is 0 Å². The van der Waals surface area contributed by atoms with Crippen LogP contribution >= 0.6 is 0 Å². The summed E-state index contributed by atoms with van der Waals surface area (Å²) in [6, 6.07) is 0.729. The second-order valence-corrected chi connectivity index (χ2v) is 2.75. The Morgan fingerprint density at radius 1 is 1.22 bits per heavy atom. The monoisotopic (exact) mass is 128 g/mol. The summed E-state index contributed by atoms with van der Waals surface area (Å²) in [5.74, 6) is 0. The standard InChI is InChI=1S/C7H16N2/c1-7-3-2-4-8-5-6-9-7/h7-9H,2-6H2,1H3. The number of nitrogens with one attached hydrogen (secondary N) is 2. The molecule has 0 amide bonds. The van der Waals surface area contributed by atoms with Gasteiger partial charge in [0.05, 0.1) is 0 Å². The Hall–Kier alpha value is -0.0800. The molecule has 9 heavy (non-hydrogen) atoms. The van der Waals surface area contributed by atoms with Gasteiger partial charge in [-0.2, -0.15) is 0 Å². The quantitative estimate of drug-likeness (QED) is 0.492. The molecule has 1 atom stereocenters. The van der Waals surface area contributed by atoms with E-state index >= 15 is 0 Å². The lowest BCUT2D eigenvalue weighted by atomic mass is 10.1. The third-order valence-corrected chi connectivity index (χ3v) is 1.79. The molecule has 1 unspecified atom stereocenters. The Morgan fingerprint density at radius 3 is 3.00 bits per heavy atom. The van der Waals surface area contributed by atoms with Crippen LogP contribution in [0.15, 0.2) is 0 Å². The summed E-state index contributed by atoms with van der Waals surface area (Å²) >= 11 is 0. The fraction of sp³-hybridized carbons (Fsp3) is 1.00. The molecule has 0 aromatic carbocycles. The van der Waals surface area contributed by atoms with Gasteiger partial charge in [0.1, 0.15) is 0 Å². The highest BCUT2D eigenvalue weighted by molar-refractivity contribution is 4.65. The van der Waals surface area contributed by atoms with Crippen LogP contribution in [0.3, 0.4) is 0 Å². The molecular formula is C7H16N2. The minimum atomic E-state index is 0.729. The van der Waals surface area contributed by atoms with Crippen molar-refractivity contribution in [2.24, 2.45) is 0 Å². The third kappa shape index (κ3) is 2.82. The minimum absolute atomic E-state index is 0.729. The van der Waals surface area contributed by atoms with E-state index in [0.717, 1.165) is 19.1 Å². The first-order valence-corrected chi connectivity index (χ1v) is 3.83. The molecule has 2 nitrogen and oxygen atoms in total. The number of hydrogen-bond acceptors (Lipinski definition) is 2. The summed E-state index contributed by atoms with van der Waals surface area (Å²) in [7, 11) is 0. The van der Waals surface area contributed by atoms with Crippen molar-refractivity contribution >= 4 is 0 Å². The molecule has 1 rings (SSSR count). The Bertz CT molecular complexity index is 65.3. The first kappa shape index (κ1) is 7.03. The Morgan fingerprint density at radius 2 is 2.11 bits per heavy atom. The van der Waals surface area contributed by atoms with Gasteiger partial charge in [0, 0.05) is 19.1 Å². The first-order chi connectivity index (χ1) is 4.39. The summed E-state index contributed by atoms with van der Waals surface area (Å²) in [6.45, 7) is 5.71. The maximum Gasteiger partial charge on any atom is 0.00792 e. The van der Waals surface area contributed by atoms with Crippen LogP contribution in [0.1, 0.15) is 19.8 Å². The number of rotatable bonds is 0. The van der Waals surface area contributed by atoms with Crippen molar-refractivity contribution in [3.63, 3.8) is 0 Å². The lowest BCUT2D eigenvalue weighted by molar-refractivity contribution is 0.448. The summed E-state index contributed by atoms with van der Waals surface area (Å²) in [6.07, 6.45) is 2.63. The highest BCUT2D eigenvalue weighted by Gasteiger charge is 2.02. The Labute approximate surface area is 57.0 Å². The van der Waals surface area contributed by atoms with Crippen molar-refractivity contribution in [1.29, 1.82) is 0 Å². The molecule has 54 valence electrons. The molecule has 0 aromatic rings. The van der Waals surface area contributed by atoms with E-state index < -0.39 is 0 Å². The van der Waals surface area contributed by atoms with Crippen LogP contribution < -0.4 is 10.6 Å². The summed E-state index contributed by atoms with van der Waals surface area (Å²) in [4.78, 5) is 0. The van der Waals surface area contributed by atoms with Crippen LogP contribution in [0.5, 0.6) is 0 Å². The van der Waals surface area contributed by atoms with E-state index in [2.05, 4.69) is 17.6 Å². The van der Waals surface area contributed by atoms with Gasteiger partial charge in [0.15, 0.2) is 0 Å². The van der Waals surface area contributed by atoms with Crippen LogP contribution in [0.2, 0.25) is 0 Å². The van der Waals surface area contributed by atoms with Crippen LogP contribution in [0.4, 0.5) is 0 Å². The maximum atomic E-state index is 3.42. The molecule has 1 heterocycles. The van der Waals surface area contributed by atoms with Crippen LogP contribution in [-0.2, 0) is 0 Å². The van der Waals surface area contributed by atoms with E-state index in [1.54, 1.807) is 0 Å². The minimum Gasteiger partial charge on any atom is -0.315 e. The second-order valence-electron chi connectivity index (χ2n) is 2.75. The van der Waals surface area contributed by atoms with Gasteiger partial charge in [-0.15, -0.1) is 0 Å². The Balaban J connectivity index is 2.12. The topological polar surface area (TPSA) is 24.1 Å². The maximum absolute atomic E-state index is 3.42. The molecule has 1 fully saturated rings. The van der Waals surface area contributed by atoms with Crippen molar-refractivity contribution < 1.29 is 0 Å². The first-order valence-electron chi connectivity index (χ1n) is 3.83. The van der Waals surface area contributed by atoms with Gasteiger partial charge in [-0.3, -0.25) is 0 Å². The molecule has 0 saturated carbocycles. The molecule has 1 aliphatic rings. The van der Waals surface area contributed by atoms with Gasteiger partial charge in [-0.05, 0) is 26.3 Å². The summed E-state index contributed by atoms with van der Waals surface area (Å²) in [5, 5.41) is 6.77. The molecular weight excluding hydrogens is 112 g/mol. The zero-order valence-electron chi connectivity index (χ0n) is 6.11. The summed E-state index contributed by atoms with van der Waals surface area (Å²) in [5.41, 5.74) is 0. The van der Waals surface area contributed by atoms with E-state index in [0.29, 0.717) is 0 Å². The smallest absolute Gasteiger partial charge is 0.00792 e. The molecule has 2 heteroatoms. The van der Waals surface area contributed by atoms with Crippen molar-refractivity contribution in [3.8, 4) is 0 Å². The predicted octanol–water partition coefficient (Wildman–Crippen LogP) is 0.348. The van der Waals surface area contributed by atoms with Gasteiger partial charge in [-0.1, -0.05) is 0 Å². The molecule has 0 aliphatic carbocycles. The third-order valence-electron chi connectivity index (χ3n) is 1.79.